The summed E-state index contributed by atoms with van der Waals surface area (Å²) in [6.45, 7) is 3.87. The van der Waals surface area contributed by atoms with Crippen LogP contribution in [0.5, 0.6) is 5.75 Å². The average Bonchev–Trinajstić information content (AvgIpc) is 2.49. The molecule has 1 amide bonds. The third-order valence-electron chi connectivity index (χ3n) is 3.32. The van der Waals surface area contributed by atoms with Crippen LogP contribution >= 0.6 is 34.8 Å². The van der Waals surface area contributed by atoms with Gasteiger partial charge in [-0.05, 0) is 84.0 Å². The number of hydrogen-bond acceptors (Lipinski definition) is 3. The number of aryl methyl sites for hydroxylation is 2. The van der Waals surface area contributed by atoms with Gasteiger partial charge in [0.1, 0.15) is 5.75 Å². The molecule has 0 unspecified atom stereocenters. The number of methoxy groups -OCH3 is 1. The zero-order valence-electron chi connectivity index (χ0n) is 13.1. The van der Waals surface area contributed by atoms with Crippen molar-refractivity contribution in [2.45, 2.75) is 13.8 Å². The largest absolute Gasteiger partial charge is 0.496 e. The van der Waals surface area contributed by atoms with Gasteiger partial charge in [-0.3, -0.25) is 10.1 Å². The molecule has 0 aromatic heterocycles. The molecule has 23 heavy (non-hydrogen) atoms. The molecule has 2 rings (SSSR count). The highest BCUT2D eigenvalue weighted by Crippen LogP contribution is 2.23. The fourth-order valence-electron chi connectivity index (χ4n) is 2.19. The molecule has 2 aromatic carbocycles. The minimum atomic E-state index is -0.300. The molecule has 0 aliphatic heterocycles. The van der Waals surface area contributed by atoms with Crippen molar-refractivity contribution in [1.29, 1.82) is 0 Å². The molecular weight excluding hydrogens is 423 g/mol. The molecular formula is C17H17IN2O2S. The highest BCUT2D eigenvalue weighted by atomic mass is 127. The number of benzene rings is 2. The van der Waals surface area contributed by atoms with Gasteiger partial charge in [0.25, 0.3) is 5.91 Å². The Labute approximate surface area is 154 Å². The molecule has 0 heterocycles. The second-order valence-corrected chi connectivity index (χ2v) is 6.68. The number of carbonyl (C=O) groups excluding carboxylic acids is 1. The van der Waals surface area contributed by atoms with Crippen LogP contribution < -0.4 is 15.4 Å². The fraction of sp³-hybridized carbons (Fsp3) is 0.176. The maximum absolute atomic E-state index is 12.4. The number of hydrogen-bond donors (Lipinski definition) is 2. The molecule has 4 nitrogen and oxygen atoms in total. The third-order valence-corrected chi connectivity index (χ3v) is 4.20. The summed E-state index contributed by atoms with van der Waals surface area (Å²) in [5.41, 5.74) is 3.28. The standard InChI is InChI=1S/C17H17IN2O2S/c1-10-5-4-6-13(15(10)22-3)16(21)20-17(23)19-14-8-7-12(18)9-11(14)2/h4-9H,1-3H3,(H2,19,20,21,23). The van der Waals surface area contributed by atoms with Gasteiger partial charge in [0.15, 0.2) is 5.11 Å². The molecule has 0 atom stereocenters. The van der Waals surface area contributed by atoms with Gasteiger partial charge in [-0.15, -0.1) is 0 Å². The van der Waals surface area contributed by atoms with Crippen molar-refractivity contribution in [2.24, 2.45) is 0 Å². The van der Waals surface area contributed by atoms with Crippen LogP contribution in [0.15, 0.2) is 36.4 Å². The average molecular weight is 440 g/mol. The van der Waals surface area contributed by atoms with Crippen molar-refractivity contribution in [2.75, 3.05) is 12.4 Å². The Morgan fingerprint density at radius 3 is 2.57 bits per heavy atom. The Morgan fingerprint density at radius 1 is 1.17 bits per heavy atom. The van der Waals surface area contributed by atoms with Crippen LogP contribution in [0.3, 0.4) is 0 Å². The lowest BCUT2D eigenvalue weighted by atomic mass is 10.1. The normalized spacial score (nSPS) is 10.1. The smallest absolute Gasteiger partial charge is 0.261 e. The molecule has 0 radical (unpaired) electrons. The van der Waals surface area contributed by atoms with Gasteiger partial charge in [-0.1, -0.05) is 12.1 Å². The first kappa shape index (κ1) is 17.7. The van der Waals surface area contributed by atoms with Crippen LogP contribution in [0.25, 0.3) is 0 Å². The number of rotatable bonds is 3. The molecule has 0 aliphatic carbocycles. The minimum Gasteiger partial charge on any atom is -0.496 e. The zero-order chi connectivity index (χ0) is 17.0. The number of ether oxygens (including phenoxy) is 1. The monoisotopic (exact) mass is 440 g/mol. The molecule has 0 aliphatic rings. The molecule has 0 bridgehead atoms. The van der Waals surface area contributed by atoms with Crippen molar-refractivity contribution >= 4 is 51.5 Å². The van der Waals surface area contributed by atoms with E-state index in [4.69, 9.17) is 17.0 Å². The predicted octanol–water partition coefficient (Wildman–Crippen LogP) is 4.04. The number of amides is 1. The van der Waals surface area contributed by atoms with Crippen LogP contribution in [0.1, 0.15) is 21.5 Å². The summed E-state index contributed by atoms with van der Waals surface area (Å²) >= 11 is 7.48. The Bertz CT molecular complexity index is 762. The van der Waals surface area contributed by atoms with Gasteiger partial charge in [0.2, 0.25) is 0 Å². The number of para-hydroxylation sites is 1. The lowest BCUT2D eigenvalue weighted by Gasteiger charge is -2.14. The molecule has 0 saturated carbocycles. The van der Waals surface area contributed by atoms with Crippen LogP contribution in [0.2, 0.25) is 0 Å². The molecule has 2 aromatic rings. The molecule has 120 valence electrons. The van der Waals surface area contributed by atoms with Gasteiger partial charge >= 0.3 is 0 Å². The third kappa shape index (κ3) is 4.42. The summed E-state index contributed by atoms with van der Waals surface area (Å²) in [5, 5.41) is 5.99. The Kier molecular flexibility index (Phi) is 5.95. The van der Waals surface area contributed by atoms with Gasteiger partial charge in [0.05, 0.1) is 12.7 Å². The summed E-state index contributed by atoms with van der Waals surface area (Å²) in [4.78, 5) is 12.4. The predicted molar refractivity (Wildman–Crippen MR) is 105 cm³/mol. The zero-order valence-corrected chi connectivity index (χ0v) is 16.0. The maximum atomic E-state index is 12.4. The van der Waals surface area contributed by atoms with Gasteiger partial charge < -0.3 is 10.1 Å². The van der Waals surface area contributed by atoms with E-state index >= 15 is 0 Å². The SMILES string of the molecule is COc1c(C)cccc1C(=O)NC(=S)Nc1ccc(I)cc1C. The minimum absolute atomic E-state index is 0.253. The summed E-state index contributed by atoms with van der Waals surface area (Å²) in [6, 6.07) is 11.4. The van der Waals surface area contributed by atoms with E-state index in [1.807, 2.05) is 44.2 Å². The fourth-order valence-corrected chi connectivity index (χ4v) is 3.04. The second-order valence-electron chi connectivity index (χ2n) is 5.02. The first-order valence-corrected chi connectivity index (χ1v) is 8.43. The van der Waals surface area contributed by atoms with Crippen LogP contribution in [0, 0.1) is 17.4 Å². The van der Waals surface area contributed by atoms with E-state index in [1.54, 1.807) is 13.2 Å². The van der Waals surface area contributed by atoms with Crippen molar-refractivity contribution < 1.29 is 9.53 Å². The molecule has 0 saturated heterocycles. The first-order valence-electron chi connectivity index (χ1n) is 6.94. The van der Waals surface area contributed by atoms with Crippen LogP contribution in [-0.2, 0) is 0 Å². The Morgan fingerprint density at radius 2 is 1.91 bits per heavy atom. The van der Waals surface area contributed by atoms with E-state index in [0.29, 0.717) is 11.3 Å². The number of nitrogens with one attached hydrogen (secondary N) is 2. The van der Waals surface area contributed by atoms with E-state index in [0.717, 1.165) is 20.4 Å². The lowest BCUT2D eigenvalue weighted by Crippen LogP contribution is -2.34. The van der Waals surface area contributed by atoms with Gasteiger partial charge in [0, 0.05) is 9.26 Å². The van der Waals surface area contributed by atoms with E-state index in [2.05, 4.69) is 33.2 Å². The van der Waals surface area contributed by atoms with Gasteiger partial charge in [-0.25, -0.2) is 0 Å². The quantitative estimate of drug-likeness (QED) is 0.559. The summed E-state index contributed by atoms with van der Waals surface area (Å²) in [6.07, 6.45) is 0. The van der Waals surface area contributed by atoms with Crippen molar-refractivity contribution in [3.63, 3.8) is 0 Å². The highest BCUT2D eigenvalue weighted by Gasteiger charge is 2.15. The Balaban J connectivity index is 2.11. The van der Waals surface area contributed by atoms with Crippen LogP contribution in [0.4, 0.5) is 5.69 Å². The number of carbonyl (C=O) groups is 1. The molecule has 0 fully saturated rings. The number of halogens is 1. The van der Waals surface area contributed by atoms with Crippen molar-refractivity contribution in [3.05, 3.63) is 56.7 Å². The highest BCUT2D eigenvalue weighted by molar-refractivity contribution is 14.1. The Hall–Kier alpha value is -1.67. The van der Waals surface area contributed by atoms with E-state index < -0.39 is 0 Å². The number of anilines is 1. The number of thiocarbonyl (C=S) groups is 1. The summed E-state index contributed by atoms with van der Waals surface area (Å²) < 4.78 is 6.45. The maximum Gasteiger partial charge on any atom is 0.261 e. The van der Waals surface area contributed by atoms with E-state index in [9.17, 15) is 4.79 Å². The lowest BCUT2D eigenvalue weighted by molar-refractivity contribution is 0.0974. The molecule has 2 N–H and O–H groups in total. The second kappa shape index (κ2) is 7.74. The van der Waals surface area contributed by atoms with Crippen molar-refractivity contribution in [3.8, 4) is 5.75 Å². The van der Waals surface area contributed by atoms with Crippen LogP contribution in [-0.4, -0.2) is 18.1 Å². The molecule has 6 heteroatoms. The summed E-state index contributed by atoms with van der Waals surface area (Å²) in [5.74, 6) is 0.254. The summed E-state index contributed by atoms with van der Waals surface area (Å²) in [7, 11) is 1.55. The first-order chi connectivity index (χ1) is 10.9. The van der Waals surface area contributed by atoms with E-state index in [1.165, 1.54) is 0 Å². The molecule has 0 spiro atoms. The topological polar surface area (TPSA) is 50.4 Å². The van der Waals surface area contributed by atoms with Gasteiger partial charge in [-0.2, -0.15) is 0 Å². The van der Waals surface area contributed by atoms with Crippen molar-refractivity contribution in [1.82, 2.24) is 5.32 Å². The van der Waals surface area contributed by atoms with E-state index in [-0.39, 0.29) is 11.0 Å².